The molecule has 72 valence electrons. The second-order valence-electron chi connectivity index (χ2n) is 2.46. The zero-order valence-corrected chi connectivity index (χ0v) is 8.59. The first-order valence-corrected chi connectivity index (χ1v) is 4.94. The second kappa shape index (κ2) is 4.30. The largest absolute Gasteiger partial charge is 0.361 e. The molecule has 0 aliphatic carbocycles. The Morgan fingerprint density at radius 1 is 1.43 bits per heavy atom. The van der Waals surface area contributed by atoms with E-state index in [1.807, 2.05) is 6.07 Å². The monoisotopic (exact) mass is 227 g/mol. The molecule has 0 aromatic carbocycles. The van der Waals surface area contributed by atoms with Crippen molar-refractivity contribution in [1.82, 2.24) is 18.7 Å². The molecule has 0 atom stereocenters. The Morgan fingerprint density at radius 2 is 2.36 bits per heavy atom. The lowest BCUT2D eigenvalue weighted by atomic mass is 10.4. The molecule has 0 fully saturated rings. The van der Waals surface area contributed by atoms with Crippen molar-refractivity contribution in [3.05, 3.63) is 29.4 Å². The summed E-state index contributed by atoms with van der Waals surface area (Å²) in [7, 11) is 0. The van der Waals surface area contributed by atoms with E-state index in [-0.39, 0.29) is 0 Å². The first kappa shape index (κ1) is 9.29. The van der Waals surface area contributed by atoms with Gasteiger partial charge < -0.3 is 5.32 Å². The zero-order valence-electron chi connectivity index (χ0n) is 7.01. The van der Waals surface area contributed by atoms with Crippen molar-refractivity contribution in [3.8, 4) is 0 Å². The van der Waals surface area contributed by atoms with Gasteiger partial charge in [-0.15, -0.1) is 0 Å². The highest BCUT2D eigenvalue weighted by molar-refractivity contribution is 6.99. The molecular formula is C7H6ClN5S. The van der Waals surface area contributed by atoms with Crippen LogP contribution in [0.2, 0.25) is 5.15 Å². The molecule has 0 radical (unpaired) electrons. The Kier molecular flexibility index (Phi) is 2.85. The average Bonchev–Trinajstić information content (AvgIpc) is 2.63. The Bertz CT molecular complexity index is 403. The number of hydrogen-bond donors (Lipinski definition) is 1. The maximum atomic E-state index is 5.75. The molecular weight excluding hydrogens is 222 g/mol. The number of hydrogen-bond acceptors (Lipinski definition) is 6. The van der Waals surface area contributed by atoms with Gasteiger partial charge in [0.05, 0.1) is 24.0 Å². The summed E-state index contributed by atoms with van der Waals surface area (Å²) in [6, 6.07) is 1.82. The van der Waals surface area contributed by atoms with E-state index in [1.165, 1.54) is 6.33 Å². The first-order chi connectivity index (χ1) is 6.86. The van der Waals surface area contributed by atoms with Gasteiger partial charge in [-0.3, -0.25) is 0 Å². The predicted molar refractivity (Wildman–Crippen MR) is 54.3 cm³/mol. The van der Waals surface area contributed by atoms with Crippen molar-refractivity contribution in [3.63, 3.8) is 0 Å². The fourth-order valence-electron chi connectivity index (χ4n) is 0.880. The van der Waals surface area contributed by atoms with Gasteiger partial charge in [0.2, 0.25) is 0 Å². The summed E-state index contributed by atoms with van der Waals surface area (Å²) in [6.07, 6.45) is 3.18. The summed E-state index contributed by atoms with van der Waals surface area (Å²) < 4.78 is 7.80. The first-order valence-electron chi connectivity index (χ1n) is 3.83. The molecule has 2 rings (SSSR count). The minimum atomic E-state index is 0.393. The highest BCUT2D eigenvalue weighted by Crippen LogP contribution is 2.17. The topological polar surface area (TPSA) is 63.6 Å². The number of nitrogens with zero attached hydrogens (tertiary/aromatic N) is 4. The fourth-order valence-corrected chi connectivity index (χ4v) is 1.56. The van der Waals surface area contributed by atoms with E-state index in [2.05, 4.69) is 24.0 Å². The molecule has 0 aliphatic heterocycles. The molecule has 0 aliphatic rings. The fraction of sp³-hybridized carbons (Fsp3) is 0.143. The summed E-state index contributed by atoms with van der Waals surface area (Å²) in [4.78, 5) is 7.86. The van der Waals surface area contributed by atoms with Crippen molar-refractivity contribution < 1.29 is 0 Å². The molecule has 14 heavy (non-hydrogen) atoms. The van der Waals surface area contributed by atoms with Crippen molar-refractivity contribution in [2.24, 2.45) is 0 Å². The quantitative estimate of drug-likeness (QED) is 0.863. The molecule has 1 N–H and O–H groups in total. The van der Waals surface area contributed by atoms with Gasteiger partial charge in [0.1, 0.15) is 6.33 Å². The van der Waals surface area contributed by atoms with E-state index < -0.39 is 0 Å². The van der Waals surface area contributed by atoms with Crippen LogP contribution in [-0.2, 0) is 6.54 Å². The van der Waals surface area contributed by atoms with Crippen LogP contribution in [0.3, 0.4) is 0 Å². The van der Waals surface area contributed by atoms with Gasteiger partial charge >= 0.3 is 0 Å². The summed E-state index contributed by atoms with van der Waals surface area (Å²) in [5.41, 5.74) is 0.879. The number of aromatic nitrogens is 4. The Morgan fingerprint density at radius 3 is 3.00 bits per heavy atom. The maximum absolute atomic E-state index is 5.75. The van der Waals surface area contributed by atoms with Crippen LogP contribution in [0.1, 0.15) is 5.69 Å². The number of rotatable bonds is 3. The molecule has 0 bridgehead atoms. The molecule has 0 saturated carbocycles. The minimum Gasteiger partial charge on any atom is -0.361 e. The highest BCUT2D eigenvalue weighted by atomic mass is 35.5. The third kappa shape index (κ3) is 2.15. The molecule has 7 heteroatoms. The van der Waals surface area contributed by atoms with Crippen LogP contribution in [0.4, 0.5) is 5.82 Å². The third-order valence-corrected chi connectivity index (χ3v) is 2.42. The Balaban J connectivity index is 1.99. The Labute approximate surface area is 89.5 Å². The van der Waals surface area contributed by atoms with E-state index in [9.17, 15) is 0 Å². The number of halogens is 1. The second-order valence-corrected chi connectivity index (χ2v) is 3.34. The van der Waals surface area contributed by atoms with Crippen LogP contribution < -0.4 is 5.32 Å². The van der Waals surface area contributed by atoms with E-state index in [0.717, 1.165) is 17.4 Å². The van der Waals surface area contributed by atoms with Crippen LogP contribution in [0, 0.1) is 0 Å². The molecule has 0 unspecified atom stereocenters. The van der Waals surface area contributed by atoms with E-state index >= 15 is 0 Å². The minimum absolute atomic E-state index is 0.393. The number of nitrogens with one attached hydrogen (secondary N) is 1. The molecule has 0 spiro atoms. The van der Waals surface area contributed by atoms with Crippen LogP contribution in [0.5, 0.6) is 0 Å². The van der Waals surface area contributed by atoms with Gasteiger partial charge in [-0.05, 0) is 6.07 Å². The summed E-state index contributed by atoms with van der Waals surface area (Å²) in [5, 5.41) is 3.42. The van der Waals surface area contributed by atoms with Gasteiger partial charge in [0.25, 0.3) is 0 Å². The van der Waals surface area contributed by atoms with E-state index in [0.29, 0.717) is 17.5 Å². The van der Waals surface area contributed by atoms with Crippen LogP contribution in [0.25, 0.3) is 0 Å². The normalized spacial score (nSPS) is 10.1. The number of anilines is 1. The lowest BCUT2D eigenvalue weighted by Crippen LogP contribution is -2.01. The van der Waals surface area contributed by atoms with Crippen LogP contribution in [0.15, 0.2) is 18.6 Å². The lowest BCUT2D eigenvalue weighted by Gasteiger charge is -2.00. The van der Waals surface area contributed by atoms with Crippen LogP contribution >= 0.6 is 23.3 Å². The summed E-state index contributed by atoms with van der Waals surface area (Å²) >= 11 is 6.82. The van der Waals surface area contributed by atoms with Crippen molar-refractivity contribution in [2.75, 3.05) is 5.32 Å². The van der Waals surface area contributed by atoms with Gasteiger partial charge in [-0.2, -0.15) is 8.75 Å². The van der Waals surface area contributed by atoms with Crippen molar-refractivity contribution in [2.45, 2.75) is 6.54 Å². The molecule has 2 aromatic heterocycles. The van der Waals surface area contributed by atoms with Crippen molar-refractivity contribution in [1.29, 1.82) is 0 Å². The molecule has 2 aromatic rings. The van der Waals surface area contributed by atoms with Crippen molar-refractivity contribution >= 4 is 29.1 Å². The van der Waals surface area contributed by atoms with Gasteiger partial charge in [0, 0.05) is 6.20 Å². The maximum Gasteiger partial charge on any atom is 0.186 e. The Hall–Kier alpha value is -1.27. The van der Waals surface area contributed by atoms with Gasteiger partial charge in [-0.25, -0.2) is 9.97 Å². The smallest absolute Gasteiger partial charge is 0.186 e. The standard InChI is InChI=1S/C7H6ClN5S/c8-6-7(13-14-12-6)10-3-5-1-2-9-4-11-5/h1-2,4H,3H2,(H,10,13). The SMILES string of the molecule is Clc1nsnc1NCc1ccncn1. The molecule has 2 heterocycles. The molecule has 5 nitrogen and oxygen atoms in total. The highest BCUT2D eigenvalue weighted by Gasteiger charge is 2.03. The lowest BCUT2D eigenvalue weighted by molar-refractivity contribution is 1.00. The third-order valence-electron chi connectivity index (χ3n) is 1.53. The van der Waals surface area contributed by atoms with E-state index in [4.69, 9.17) is 11.6 Å². The predicted octanol–water partition coefficient (Wildman–Crippen LogP) is 1.59. The molecule has 0 amide bonds. The van der Waals surface area contributed by atoms with E-state index in [1.54, 1.807) is 6.20 Å². The van der Waals surface area contributed by atoms with Gasteiger partial charge in [0.15, 0.2) is 11.0 Å². The molecule has 0 saturated heterocycles. The zero-order chi connectivity index (χ0) is 9.80. The van der Waals surface area contributed by atoms with Gasteiger partial charge in [-0.1, -0.05) is 11.6 Å². The summed E-state index contributed by atoms with van der Waals surface area (Å²) in [5.74, 6) is 0.593. The average molecular weight is 228 g/mol. The van der Waals surface area contributed by atoms with Crippen LogP contribution in [-0.4, -0.2) is 18.7 Å². The summed E-state index contributed by atoms with van der Waals surface area (Å²) in [6.45, 7) is 0.563.